The van der Waals surface area contributed by atoms with E-state index < -0.39 is 37.6 Å². The number of hydrogen-bond donors (Lipinski definition) is 0. The van der Waals surface area contributed by atoms with Crippen molar-refractivity contribution in [2.24, 2.45) is 0 Å². The summed E-state index contributed by atoms with van der Waals surface area (Å²) in [5.41, 5.74) is 1.37. The number of aromatic nitrogens is 2. The minimum atomic E-state index is -3.84. The van der Waals surface area contributed by atoms with Crippen LogP contribution in [-0.2, 0) is 32.5 Å². The zero-order chi connectivity index (χ0) is 24.9. The molecule has 1 saturated heterocycles. The van der Waals surface area contributed by atoms with E-state index in [0.717, 1.165) is 43.2 Å². The second kappa shape index (κ2) is 10.9. The first-order chi connectivity index (χ1) is 16.1. The van der Waals surface area contributed by atoms with Crippen LogP contribution < -0.4 is 4.90 Å². The van der Waals surface area contributed by atoms with Gasteiger partial charge in [0.05, 0.1) is 11.5 Å². The molecule has 1 unspecified atom stereocenters. The maximum atomic E-state index is 12.6. The van der Waals surface area contributed by atoms with Crippen molar-refractivity contribution < 1.29 is 22.9 Å². The lowest BCUT2D eigenvalue weighted by Crippen LogP contribution is -2.41. The van der Waals surface area contributed by atoms with Gasteiger partial charge in [0, 0.05) is 19.3 Å². The van der Waals surface area contributed by atoms with E-state index in [4.69, 9.17) is 4.74 Å². The lowest BCUT2D eigenvalue weighted by atomic mass is 10.1. The summed E-state index contributed by atoms with van der Waals surface area (Å²) in [6, 6.07) is 6.76. The van der Waals surface area contributed by atoms with Crippen LogP contribution in [0.3, 0.4) is 0 Å². The van der Waals surface area contributed by atoms with Crippen LogP contribution in [-0.4, -0.2) is 66.2 Å². The number of carbonyl (C=O) groups excluding carboxylic acids is 1. The second-order valence-corrected chi connectivity index (χ2v) is 10.2. The van der Waals surface area contributed by atoms with Gasteiger partial charge in [0.25, 0.3) is 0 Å². The molecule has 11 nitrogen and oxygen atoms in total. The Kier molecular flexibility index (Phi) is 8.15. The molecule has 0 saturated carbocycles. The highest BCUT2D eigenvalue weighted by Gasteiger charge is 2.32. The molecule has 0 bridgehead atoms. The van der Waals surface area contributed by atoms with E-state index in [2.05, 4.69) is 14.9 Å². The predicted octanol–water partition coefficient (Wildman–Crippen LogP) is 2.34. The Balaban J connectivity index is 2.03. The predicted molar refractivity (Wildman–Crippen MR) is 125 cm³/mol. The second-order valence-electron chi connectivity index (χ2n) is 8.25. The zero-order valence-electron chi connectivity index (χ0n) is 19.5. The number of ether oxygens (including phenoxy) is 1. The van der Waals surface area contributed by atoms with Crippen molar-refractivity contribution in [2.45, 2.75) is 51.0 Å². The summed E-state index contributed by atoms with van der Waals surface area (Å²) in [4.78, 5) is 35.0. The molecule has 1 aliphatic heterocycles. The summed E-state index contributed by atoms with van der Waals surface area (Å²) in [5, 5.41) is 11.2. The molecule has 1 aliphatic rings. The summed E-state index contributed by atoms with van der Waals surface area (Å²) >= 11 is 0. The van der Waals surface area contributed by atoms with Gasteiger partial charge in [0.15, 0.2) is 0 Å². The molecule has 0 N–H and O–H groups in total. The number of likely N-dealkylation sites (tertiary alicyclic amines) is 1. The van der Waals surface area contributed by atoms with Crippen LogP contribution in [0.5, 0.6) is 0 Å². The van der Waals surface area contributed by atoms with Gasteiger partial charge in [-0.3, -0.25) is 15.0 Å². The van der Waals surface area contributed by atoms with E-state index in [1.54, 1.807) is 6.92 Å². The van der Waals surface area contributed by atoms with Gasteiger partial charge in [-0.2, -0.15) is 4.98 Å². The summed E-state index contributed by atoms with van der Waals surface area (Å²) in [6.45, 7) is 6.27. The molecule has 1 fully saturated rings. The van der Waals surface area contributed by atoms with Gasteiger partial charge < -0.3 is 9.64 Å². The van der Waals surface area contributed by atoms with Crippen LogP contribution in [0.1, 0.15) is 37.8 Å². The molecule has 2 aromatic rings. The Morgan fingerprint density at radius 2 is 1.97 bits per heavy atom. The molecule has 3 rings (SSSR count). The maximum Gasteiger partial charge on any atom is 0.329 e. The Hall–Kier alpha value is -3.12. The average molecular weight is 492 g/mol. The van der Waals surface area contributed by atoms with Crippen molar-refractivity contribution in [3.05, 3.63) is 51.7 Å². The number of anilines is 1. The van der Waals surface area contributed by atoms with E-state index in [0.29, 0.717) is 0 Å². The molecule has 12 heteroatoms. The maximum absolute atomic E-state index is 12.6. The number of rotatable bonds is 10. The van der Waals surface area contributed by atoms with Crippen LogP contribution in [0.15, 0.2) is 35.6 Å². The van der Waals surface area contributed by atoms with Gasteiger partial charge in [0.2, 0.25) is 20.8 Å². The van der Waals surface area contributed by atoms with Gasteiger partial charge in [-0.1, -0.05) is 24.3 Å². The number of nitro groups is 1. The third-order valence-electron chi connectivity index (χ3n) is 5.57. The Morgan fingerprint density at radius 3 is 2.59 bits per heavy atom. The molecule has 1 atom stereocenters. The first-order valence-corrected chi connectivity index (χ1v) is 12.9. The summed E-state index contributed by atoms with van der Waals surface area (Å²) in [7, 11) is -3.84. The number of nitrogens with zero attached hydrogens (tertiary/aromatic N) is 5. The van der Waals surface area contributed by atoms with Crippen molar-refractivity contribution in [3.8, 4) is 0 Å². The molecule has 1 aromatic heterocycles. The van der Waals surface area contributed by atoms with E-state index in [-0.39, 0.29) is 19.0 Å². The summed E-state index contributed by atoms with van der Waals surface area (Å²) < 4.78 is 29.2. The summed E-state index contributed by atoms with van der Waals surface area (Å²) in [6.07, 6.45) is 4.11. The number of sulfone groups is 1. The average Bonchev–Trinajstić information content (AvgIpc) is 3.29. The molecule has 0 aliphatic carbocycles. The van der Waals surface area contributed by atoms with Gasteiger partial charge in [0.1, 0.15) is 12.2 Å². The van der Waals surface area contributed by atoms with Gasteiger partial charge in [-0.15, -0.1) is 0 Å². The van der Waals surface area contributed by atoms with Crippen LogP contribution in [0.25, 0.3) is 0 Å². The summed E-state index contributed by atoms with van der Waals surface area (Å²) in [5.74, 6) is -0.865. The smallest absolute Gasteiger partial charge is 0.329 e. The van der Waals surface area contributed by atoms with E-state index in [9.17, 15) is 23.3 Å². The number of benzene rings is 1. The molecule has 2 heterocycles. The molecule has 1 aromatic carbocycles. The fraction of sp³-hybridized carbons (Fsp3) is 0.500. The number of carbonyl (C=O) groups is 1. The highest BCUT2D eigenvalue weighted by Crippen LogP contribution is 2.30. The van der Waals surface area contributed by atoms with Gasteiger partial charge in [-0.05, 0) is 50.9 Å². The zero-order valence-corrected chi connectivity index (χ0v) is 20.3. The number of esters is 1. The molecule has 0 amide bonds. The monoisotopic (exact) mass is 491 g/mol. The standard InChI is InChI=1S/C22H29N5O6S/c1-4-33-21(28)16(2)26(20-19(27(29)30)13-23-22(24-20)34(3,31)32)15-18-9-7-8-17(12-18)14-25-10-5-6-11-25/h7-9,12-13,16H,4-6,10-11,14-15H2,1-3H3. The molecule has 0 radical (unpaired) electrons. The fourth-order valence-corrected chi connectivity index (χ4v) is 4.37. The van der Waals surface area contributed by atoms with Gasteiger partial charge in [-0.25, -0.2) is 18.2 Å². The largest absolute Gasteiger partial charge is 0.464 e. The normalized spacial score (nSPS) is 15.1. The van der Waals surface area contributed by atoms with Crippen molar-refractivity contribution in [1.29, 1.82) is 0 Å². The van der Waals surface area contributed by atoms with Crippen LogP contribution in [0.2, 0.25) is 0 Å². The van der Waals surface area contributed by atoms with Crippen molar-refractivity contribution in [3.63, 3.8) is 0 Å². The number of hydrogen-bond acceptors (Lipinski definition) is 10. The Labute approximate surface area is 198 Å². The molecule has 0 spiro atoms. The topological polar surface area (TPSA) is 136 Å². The first kappa shape index (κ1) is 25.5. The quantitative estimate of drug-likeness (QED) is 0.211. The van der Waals surface area contributed by atoms with Crippen LogP contribution in [0, 0.1) is 10.1 Å². The van der Waals surface area contributed by atoms with Crippen LogP contribution >= 0.6 is 0 Å². The van der Waals surface area contributed by atoms with Crippen LogP contribution in [0.4, 0.5) is 11.5 Å². The molecule has 34 heavy (non-hydrogen) atoms. The SMILES string of the molecule is CCOC(=O)C(C)N(Cc1cccc(CN2CCCC2)c1)c1nc(S(C)(=O)=O)ncc1[N+](=O)[O-]. The van der Waals surface area contributed by atoms with E-state index in [1.165, 1.54) is 24.7 Å². The Bertz CT molecular complexity index is 1150. The highest BCUT2D eigenvalue weighted by molar-refractivity contribution is 7.90. The first-order valence-electron chi connectivity index (χ1n) is 11.0. The van der Waals surface area contributed by atoms with Gasteiger partial charge >= 0.3 is 11.7 Å². The third kappa shape index (κ3) is 6.26. The Morgan fingerprint density at radius 1 is 1.29 bits per heavy atom. The van der Waals surface area contributed by atoms with Crippen molar-refractivity contribution in [1.82, 2.24) is 14.9 Å². The van der Waals surface area contributed by atoms with E-state index >= 15 is 0 Å². The lowest BCUT2D eigenvalue weighted by molar-refractivity contribution is -0.384. The molecule has 184 valence electrons. The third-order valence-corrected chi connectivity index (χ3v) is 6.43. The minimum absolute atomic E-state index is 0.0783. The fourth-order valence-electron chi connectivity index (χ4n) is 3.88. The van der Waals surface area contributed by atoms with Crippen molar-refractivity contribution >= 4 is 27.3 Å². The van der Waals surface area contributed by atoms with Crippen molar-refractivity contribution in [2.75, 3.05) is 30.9 Å². The van der Waals surface area contributed by atoms with E-state index in [1.807, 2.05) is 24.3 Å². The minimum Gasteiger partial charge on any atom is -0.464 e. The highest BCUT2D eigenvalue weighted by atomic mass is 32.2. The lowest BCUT2D eigenvalue weighted by Gasteiger charge is -2.29. The molecular formula is C22H29N5O6S. The molecular weight excluding hydrogens is 462 g/mol.